The lowest BCUT2D eigenvalue weighted by Crippen LogP contribution is -1.97. The van der Waals surface area contributed by atoms with Crippen molar-refractivity contribution >= 4 is 65.4 Å². The molecular formula is C49H33N3O. The minimum atomic E-state index is 0.850. The molecule has 0 spiro atoms. The second kappa shape index (κ2) is 11.5. The standard InChI is InChI=1S/C49H33N3O/c1-53-37-24-21-35(22-25-37)50-46-18-10-7-15-40(46)43-29-32(20-28-47(43)50)33-19-26-41-38-13-6-9-17-45(38)52(48(41)30-33)36-23-27-42-39-14-5-8-16-44(39)51(49(42)31-36)34-11-3-2-4-12-34/h2-31H,1H3. The Morgan fingerprint density at radius 1 is 0.302 bits per heavy atom. The van der Waals surface area contributed by atoms with Gasteiger partial charge in [-0.1, -0.05) is 97.1 Å². The highest BCUT2D eigenvalue weighted by molar-refractivity contribution is 6.13. The molecule has 0 saturated carbocycles. The molecule has 0 saturated heterocycles. The van der Waals surface area contributed by atoms with Crippen molar-refractivity contribution in [1.82, 2.24) is 13.7 Å². The SMILES string of the molecule is COc1ccc(-n2c3ccccc3c3cc(-c4ccc5c6ccccc6n(-c6ccc7c8ccccc8n(-c8ccccc8)c7c6)c5c4)ccc32)cc1. The van der Waals surface area contributed by atoms with Crippen molar-refractivity contribution in [3.8, 4) is 33.9 Å². The van der Waals surface area contributed by atoms with Crippen molar-refractivity contribution in [2.45, 2.75) is 0 Å². The Morgan fingerprint density at radius 3 is 1.40 bits per heavy atom. The molecule has 4 nitrogen and oxygen atoms in total. The van der Waals surface area contributed by atoms with Gasteiger partial charge in [-0.05, 0) is 96.1 Å². The van der Waals surface area contributed by atoms with E-state index < -0.39 is 0 Å². The summed E-state index contributed by atoms with van der Waals surface area (Å²) in [5.41, 5.74) is 12.9. The van der Waals surface area contributed by atoms with E-state index in [1.807, 2.05) is 12.1 Å². The molecule has 53 heavy (non-hydrogen) atoms. The Labute approximate surface area is 305 Å². The van der Waals surface area contributed by atoms with Crippen LogP contribution >= 0.6 is 0 Å². The number of hydrogen-bond acceptors (Lipinski definition) is 1. The largest absolute Gasteiger partial charge is 0.497 e. The summed E-state index contributed by atoms with van der Waals surface area (Å²) >= 11 is 0. The number of benzene rings is 8. The zero-order chi connectivity index (χ0) is 35.0. The van der Waals surface area contributed by atoms with Gasteiger partial charge in [-0.2, -0.15) is 0 Å². The first-order valence-electron chi connectivity index (χ1n) is 18.1. The van der Waals surface area contributed by atoms with Gasteiger partial charge in [0.1, 0.15) is 5.75 Å². The molecule has 0 aliphatic rings. The summed E-state index contributed by atoms with van der Waals surface area (Å²) in [5.74, 6) is 0.850. The summed E-state index contributed by atoms with van der Waals surface area (Å²) in [6, 6.07) is 65.9. The van der Waals surface area contributed by atoms with Gasteiger partial charge in [0.15, 0.2) is 0 Å². The van der Waals surface area contributed by atoms with Gasteiger partial charge in [0, 0.05) is 49.4 Å². The third-order valence-corrected chi connectivity index (χ3v) is 10.9. The van der Waals surface area contributed by atoms with Crippen LogP contribution in [0.1, 0.15) is 0 Å². The lowest BCUT2D eigenvalue weighted by molar-refractivity contribution is 0.415. The van der Waals surface area contributed by atoms with Crippen molar-refractivity contribution in [1.29, 1.82) is 0 Å². The van der Waals surface area contributed by atoms with Crippen molar-refractivity contribution in [2.24, 2.45) is 0 Å². The minimum Gasteiger partial charge on any atom is -0.497 e. The fraction of sp³-hybridized carbons (Fsp3) is 0.0204. The topological polar surface area (TPSA) is 24.0 Å². The second-order valence-electron chi connectivity index (χ2n) is 13.8. The van der Waals surface area contributed by atoms with Gasteiger partial charge in [0.2, 0.25) is 0 Å². The average Bonchev–Trinajstić information content (AvgIpc) is 3.86. The van der Waals surface area contributed by atoms with Crippen molar-refractivity contribution < 1.29 is 4.74 Å². The maximum atomic E-state index is 5.46. The molecule has 0 amide bonds. The molecule has 0 N–H and O–H groups in total. The molecule has 8 aromatic carbocycles. The van der Waals surface area contributed by atoms with Gasteiger partial charge in [-0.25, -0.2) is 0 Å². The molecule has 3 aromatic heterocycles. The van der Waals surface area contributed by atoms with Crippen LogP contribution < -0.4 is 4.74 Å². The highest BCUT2D eigenvalue weighted by Crippen LogP contribution is 2.40. The first-order valence-corrected chi connectivity index (χ1v) is 18.1. The Balaban J connectivity index is 1.12. The molecule has 0 fully saturated rings. The molecule has 3 heterocycles. The highest BCUT2D eigenvalue weighted by Gasteiger charge is 2.18. The molecule has 0 unspecified atom stereocenters. The maximum Gasteiger partial charge on any atom is 0.119 e. The highest BCUT2D eigenvalue weighted by atomic mass is 16.5. The summed E-state index contributed by atoms with van der Waals surface area (Å²) in [6.07, 6.45) is 0. The second-order valence-corrected chi connectivity index (χ2v) is 13.8. The van der Waals surface area contributed by atoms with E-state index in [2.05, 4.69) is 184 Å². The van der Waals surface area contributed by atoms with Crippen molar-refractivity contribution in [2.75, 3.05) is 7.11 Å². The Kier molecular flexibility index (Phi) is 6.43. The number of ether oxygens (including phenoxy) is 1. The molecule has 4 heteroatoms. The van der Waals surface area contributed by atoms with Gasteiger partial charge < -0.3 is 18.4 Å². The summed E-state index contributed by atoms with van der Waals surface area (Å²) in [4.78, 5) is 0. The number of rotatable bonds is 5. The number of fused-ring (bicyclic) bond motifs is 9. The minimum absolute atomic E-state index is 0.850. The molecule has 0 aliphatic carbocycles. The van der Waals surface area contributed by atoms with E-state index in [9.17, 15) is 0 Å². The molecule has 11 aromatic rings. The van der Waals surface area contributed by atoms with E-state index in [0.29, 0.717) is 0 Å². The lowest BCUT2D eigenvalue weighted by Gasteiger charge is -2.12. The van der Waals surface area contributed by atoms with Gasteiger partial charge in [-0.3, -0.25) is 0 Å². The molecule has 0 bridgehead atoms. The number of para-hydroxylation sites is 4. The molecule has 250 valence electrons. The van der Waals surface area contributed by atoms with Crippen LogP contribution in [0.3, 0.4) is 0 Å². The predicted octanol–water partition coefficient (Wildman–Crippen LogP) is 12.7. The van der Waals surface area contributed by atoms with Crippen LogP contribution in [-0.4, -0.2) is 20.8 Å². The van der Waals surface area contributed by atoms with Crippen LogP contribution in [0.5, 0.6) is 5.75 Å². The maximum absolute atomic E-state index is 5.46. The normalized spacial score (nSPS) is 11.9. The van der Waals surface area contributed by atoms with Crippen LogP contribution in [0.2, 0.25) is 0 Å². The Hall–Kier alpha value is -7.04. The zero-order valence-corrected chi connectivity index (χ0v) is 29.1. The van der Waals surface area contributed by atoms with E-state index in [-0.39, 0.29) is 0 Å². The van der Waals surface area contributed by atoms with Crippen LogP contribution in [-0.2, 0) is 0 Å². The number of aromatic nitrogens is 3. The number of nitrogens with zero attached hydrogens (tertiary/aromatic N) is 3. The van der Waals surface area contributed by atoms with Crippen LogP contribution in [0.4, 0.5) is 0 Å². The number of methoxy groups -OCH3 is 1. The van der Waals surface area contributed by atoms with E-state index in [4.69, 9.17) is 4.74 Å². The van der Waals surface area contributed by atoms with Crippen molar-refractivity contribution in [3.63, 3.8) is 0 Å². The summed E-state index contributed by atoms with van der Waals surface area (Å²) in [6.45, 7) is 0. The first kappa shape index (κ1) is 29.7. The van der Waals surface area contributed by atoms with Gasteiger partial charge in [-0.15, -0.1) is 0 Å². The molecule has 0 atom stereocenters. The number of hydrogen-bond donors (Lipinski definition) is 0. The first-order chi connectivity index (χ1) is 26.2. The molecule has 0 radical (unpaired) electrons. The van der Waals surface area contributed by atoms with Crippen LogP contribution in [0.15, 0.2) is 182 Å². The quantitative estimate of drug-likeness (QED) is 0.178. The molecule has 0 aliphatic heterocycles. The van der Waals surface area contributed by atoms with Gasteiger partial charge in [0.25, 0.3) is 0 Å². The van der Waals surface area contributed by atoms with Crippen LogP contribution in [0, 0.1) is 0 Å². The Bertz CT molecular complexity index is 3200. The smallest absolute Gasteiger partial charge is 0.119 e. The fourth-order valence-corrected chi connectivity index (χ4v) is 8.54. The predicted molar refractivity (Wildman–Crippen MR) is 221 cm³/mol. The van der Waals surface area contributed by atoms with Gasteiger partial charge >= 0.3 is 0 Å². The Morgan fingerprint density at radius 2 is 0.736 bits per heavy atom. The average molecular weight is 680 g/mol. The molecular weight excluding hydrogens is 647 g/mol. The van der Waals surface area contributed by atoms with E-state index in [1.54, 1.807) is 7.11 Å². The summed E-state index contributed by atoms with van der Waals surface area (Å²) in [7, 11) is 1.71. The summed E-state index contributed by atoms with van der Waals surface area (Å²) < 4.78 is 12.6. The van der Waals surface area contributed by atoms with E-state index in [1.165, 1.54) is 76.5 Å². The zero-order valence-electron chi connectivity index (χ0n) is 29.1. The third kappa shape index (κ3) is 4.42. The fourth-order valence-electron chi connectivity index (χ4n) is 8.54. The van der Waals surface area contributed by atoms with E-state index >= 15 is 0 Å². The van der Waals surface area contributed by atoms with Crippen molar-refractivity contribution in [3.05, 3.63) is 182 Å². The summed E-state index contributed by atoms with van der Waals surface area (Å²) in [5, 5.41) is 7.45. The monoisotopic (exact) mass is 679 g/mol. The lowest BCUT2D eigenvalue weighted by atomic mass is 10.0. The van der Waals surface area contributed by atoms with E-state index in [0.717, 1.165) is 22.8 Å². The molecule has 11 rings (SSSR count). The van der Waals surface area contributed by atoms with Crippen LogP contribution in [0.25, 0.3) is 93.6 Å². The third-order valence-electron chi connectivity index (χ3n) is 10.9. The van der Waals surface area contributed by atoms with Gasteiger partial charge in [0.05, 0.1) is 40.2 Å².